The fourth-order valence-corrected chi connectivity index (χ4v) is 2.71. The van der Waals surface area contributed by atoms with E-state index in [0.717, 1.165) is 30.8 Å². The summed E-state index contributed by atoms with van der Waals surface area (Å²) in [6.45, 7) is 3.42. The SMILES string of the molecule is CCc1nc([C@H]2CN(C(=O)c3cc(C4CC4)on3)CCO2)n[nH]1. The highest BCUT2D eigenvalue weighted by Gasteiger charge is 2.32. The lowest BCUT2D eigenvalue weighted by atomic mass is 10.2. The van der Waals surface area contributed by atoms with Crippen molar-refractivity contribution in [2.24, 2.45) is 0 Å². The molecule has 0 unspecified atom stereocenters. The molecule has 8 nitrogen and oxygen atoms in total. The van der Waals surface area contributed by atoms with E-state index in [2.05, 4.69) is 20.3 Å². The molecule has 1 aliphatic heterocycles. The first-order chi connectivity index (χ1) is 11.2. The average Bonchev–Trinajstić information content (AvgIpc) is 3.14. The highest BCUT2D eigenvalue weighted by atomic mass is 16.5. The van der Waals surface area contributed by atoms with Crippen LogP contribution in [0, 0.1) is 0 Å². The van der Waals surface area contributed by atoms with Gasteiger partial charge in [0.25, 0.3) is 5.91 Å². The number of hydrogen-bond acceptors (Lipinski definition) is 6. The molecule has 0 radical (unpaired) electrons. The number of nitrogens with one attached hydrogen (secondary N) is 1. The van der Waals surface area contributed by atoms with Gasteiger partial charge in [0, 0.05) is 24.9 Å². The molecule has 0 bridgehead atoms. The number of carbonyl (C=O) groups excluding carboxylic acids is 1. The third kappa shape index (κ3) is 2.86. The predicted octanol–water partition coefficient (Wildman–Crippen LogP) is 1.45. The van der Waals surface area contributed by atoms with E-state index in [1.54, 1.807) is 11.0 Å². The Morgan fingerprint density at radius 2 is 2.35 bits per heavy atom. The molecule has 1 atom stereocenters. The van der Waals surface area contributed by atoms with Crippen LogP contribution in [0.4, 0.5) is 0 Å². The van der Waals surface area contributed by atoms with Crippen molar-refractivity contribution < 1.29 is 14.1 Å². The van der Waals surface area contributed by atoms with Crippen LogP contribution in [0.2, 0.25) is 0 Å². The summed E-state index contributed by atoms with van der Waals surface area (Å²) in [4.78, 5) is 18.7. The number of aromatic amines is 1. The number of rotatable bonds is 4. The molecule has 122 valence electrons. The summed E-state index contributed by atoms with van der Waals surface area (Å²) in [6, 6.07) is 1.77. The molecular formula is C15H19N5O3. The van der Waals surface area contributed by atoms with Crippen LogP contribution in [0.5, 0.6) is 0 Å². The van der Waals surface area contributed by atoms with Gasteiger partial charge in [-0.1, -0.05) is 12.1 Å². The van der Waals surface area contributed by atoms with Gasteiger partial charge in [-0.25, -0.2) is 4.98 Å². The highest BCUT2D eigenvalue weighted by Crippen LogP contribution is 2.40. The molecule has 2 fully saturated rings. The molecule has 1 aliphatic carbocycles. The number of carbonyl (C=O) groups is 1. The van der Waals surface area contributed by atoms with E-state index in [1.807, 2.05) is 6.92 Å². The van der Waals surface area contributed by atoms with Gasteiger partial charge >= 0.3 is 0 Å². The molecule has 2 aromatic rings. The number of morpholine rings is 1. The lowest BCUT2D eigenvalue weighted by Gasteiger charge is -2.31. The van der Waals surface area contributed by atoms with Crippen LogP contribution in [0.15, 0.2) is 10.6 Å². The van der Waals surface area contributed by atoms with Crippen LogP contribution in [-0.4, -0.2) is 50.8 Å². The summed E-state index contributed by atoms with van der Waals surface area (Å²) in [5.41, 5.74) is 0.372. The minimum Gasteiger partial charge on any atom is -0.366 e. The van der Waals surface area contributed by atoms with E-state index in [0.29, 0.717) is 37.1 Å². The van der Waals surface area contributed by atoms with Crippen molar-refractivity contribution in [1.29, 1.82) is 0 Å². The Kier molecular flexibility index (Phi) is 3.60. The van der Waals surface area contributed by atoms with Crippen LogP contribution in [0.25, 0.3) is 0 Å². The van der Waals surface area contributed by atoms with E-state index in [4.69, 9.17) is 9.26 Å². The van der Waals surface area contributed by atoms with Gasteiger partial charge in [0.15, 0.2) is 11.5 Å². The van der Waals surface area contributed by atoms with Gasteiger partial charge in [0.05, 0.1) is 13.2 Å². The second-order valence-electron chi connectivity index (χ2n) is 5.99. The van der Waals surface area contributed by atoms with Gasteiger partial charge in [-0.2, -0.15) is 5.10 Å². The number of aryl methyl sites for hydroxylation is 1. The molecule has 2 aliphatic rings. The third-order valence-corrected chi connectivity index (χ3v) is 4.25. The summed E-state index contributed by atoms with van der Waals surface area (Å²) >= 11 is 0. The first-order valence-corrected chi connectivity index (χ1v) is 8.03. The molecule has 1 saturated carbocycles. The number of hydrogen-bond donors (Lipinski definition) is 1. The molecule has 1 amide bonds. The van der Waals surface area contributed by atoms with Gasteiger partial charge in [0.2, 0.25) is 0 Å². The van der Waals surface area contributed by atoms with E-state index >= 15 is 0 Å². The molecule has 23 heavy (non-hydrogen) atoms. The minimum atomic E-state index is -0.306. The van der Waals surface area contributed by atoms with E-state index in [9.17, 15) is 4.79 Å². The van der Waals surface area contributed by atoms with Crippen molar-refractivity contribution in [2.45, 2.75) is 38.2 Å². The Labute approximate surface area is 133 Å². The second-order valence-corrected chi connectivity index (χ2v) is 5.99. The topological polar surface area (TPSA) is 97.1 Å². The summed E-state index contributed by atoms with van der Waals surface area (Å²) in [5.74, 6) is 2.55. The maximum absolute atomic E-state index is 12.6. The van der Waals surface area contributed by atoms with Crippen molar-refractivity contribution in [1.82, 2.24) is 25.2 Å². The van der Waals surface area contributed by atoms with Gasteiger partial charge in [0.1, 0.15) is 17.7 Å². The van der Waals surface area contributed by atoms with Gasteiger partial charge < -0.3 is 14.2 Å². The third-order valence-electron chi connectivity index (χ3n) is 4.25. The lowest BCUT2D eigenvalue weighted by Crippen LogP contribution is -2.42. The Hall–Kier alpha value is -2.22. The molecule has 2 aromatic heterocycles. The predicted molar refractivity (Wildman–Crippen MR) is 78.8 cm³/mol. The van der Waals surface area contributed by atoms with Gasteiger partial charge in [-0.15, -0.1) is 0 Å². The normalized spacial score (nSPS) is 21.6. The van der Waals surface area contributed by atoms with Crippen molar-refractivity contribution in [2.75, 3.05) is 19.7 Å². The Morgan fingerprint density at radius 1 is 1.48 bits per heavy atom. The second kappa shape index (κ2) is 5.77. The van der Waals surface area contributed by atoms with Crippen LogP contribution in [-0.2, 0) is 11.2 Å². The Bertz CT molecular complexity index is 706. The largest absolute Gasteiger partial charge is 0.366 e. The number of nitrogens with zero attached hydrogens (tertiary/aromatic N) is 4. The average molecular weight is 317 g/mol. The number of ether oxygens (including phenoxy) is 1. The molecule has 1 N–H and O–H groups in total. The molecule has 3 heterocycles. The summed E-state index contributed by atoms with van der Waals surface area (Å²) in [6.07, 6.45) is 2.71. The molecule has 1 saturated heterocycles. The minimum absolute atomic E-state index is 0.125. The first kappa shape index (κ1) is 14.4. The van der Waals surface area contributed by atoms with Crippen molar-refractivity contribution in [3.8, 4) is 0 Å². The molecule has 4 rings (SSSR count). The Balaban J connectivity index is 1.46. The van der Waals surface area contributed by atoms with E-state index in [1.165, 1.54) is 0 Å². The Morgan fingerprint density at radius 3 is 3.09 bits per heavy atom. The molecule has 0 aromatic carbocycles. The standard InChI is InChI=1S/C15H19N5O3/c1-2-13-16-14(18-17-13)12-8-20(5-6-22-12)15(21)10-7-11(23-19-10)9-3-4-9/h7,9,12H,2-6,8H2,1H3,(H,16,17,18)/t12-/m1/s1. The molecular weight excluding hydrogens is 298 g/mol. The van der Waals surface area contributed by atoms with Gasteiger partial charge in [-0.05, 0) is 12.8 Å². The fraction of sp³-hybridized carbons (Fsp3) is 0.600. The van der Waals surface area contributed by atoms with Gasteiger partial charge in [-0.3, -0.25) is 9.89 Å². The first-order valence-electron chi connectivity index (χ1n) is 8.03. The van der Waals surface area contributed by atoms with Crippen LogP contribution < -0.4 is 0 Å². The van der Waals surface area contributed by atoms with Crippen molar-refractivity contribution >= 4 is 5.91 Å². The lowest BCUT2D eigenvalue weighted by molar-refractivity contribution is -0.0269. The van der Waals surface area contributed by atoms with Crippen molar-refractivity contribution in [3.63, 3.8) is 0 Å². The quantitative estimate of drug-likeness (QED) is 0.916. The summed E-state index contributed by atoms with van der Waals surface area (Å²) < 4.78 is 11.0. The maximum atomic E-state index is 12.6. The highest BCUT2D eigenvalue weighted by molar-refractivity contribution is 5.92. The van der Waals surface area contributed by atoms with Crippen molar-refractivity contribution in [3.05, 3.63) is 29.2 Å². The van der Waals surface area contributed by atoms with Crippen LogP contribution >= 0.6 is 0 Å². The number of amides is 1. The fourth-order valence-electron chi connectivity index (χ4n) is 2.71. The monoisotopic (exact) mass is 317 g/mol. The smallest absolute Gasteiger partial charge is 0.276 e. The van der Waals surface area contributed by atoms with E-state index in [-0.39, 0.29) is 12.0 Å². The zero-order valence-electron chi connectivity index (χ0n) is 13.0. The summed E-state index contributed by atoms with van der Waals surface area (Å²) in [7, 11) is 0. The number of aromatic nitrogens is 4. The zero-order chi connectivity index (χ0) is 15.8. The van der Waals surface area contributed by atoms with Crippen LogP contribution in [0.3, 0.4) is 0 Å². The van der Waals surface area contributed by atoms with Crippen LogP contribution in [0.1, 0.15) is 59.7 Å². The molecule has 0 spiro atoms. The van der Waals surface area contributed by atoms with E-state index < -0.39 is 0 Å². The number of H-pyrrole nitrogens is 1. The zero-order valence-corrected chi connectivity index (χ0v) is 13.0. The maximum Gasteiger partial charge on any atom is 0.276 e. The molecule has 8 heteroatoms. The summed E-state index contributed by atoms with van der Waals surface area (Å²) in [5, 5.41) is 11.0.